The Kier molecular flexibility index (Phi) is 4.21. The first-order valence-electron chi connectivity index (χ1n) is 8.55. The van der Waals surface area contributed by atoms with E-state index in [1.807, 2.05) is 0 Å². The molecule has 0 radical (unpaired) electrons. The Morgan fingerprint density at radius 1 is 1.29 bits per heavy atom. The SMILES string of the molecule is O=c1[nH]c(-c2cnccn2)nc2c1CN(C[C@@H]1CC=CCC1)CC2. The van der Waals surface area contributed by atoms with Crippen LogP contribution in [0.3, 0.4) is 0 Å². The van der Waals surface area contributed by atoms with Gasteiger partial charge >= 0.3 is 0 Å². The normalized spacial score (nSPS) is 20.8. The fraction of sp³-hybridized carbons (Fsp3) is 0.444. The van der Waals surface area contributed by atoms with Gasteiger partial charge < -0.3 is 4.98 Å². The van der Waals surface area contributed by atoms with E-state index in [0.717, 1.165) is 37.2 Å². The predicted octanol–water partition coefficient (Wildman–Crippen LogP) is 1.94. The zero-order chi connectivity index (χ0) is 16.4. The highest BCUT2D eigenvalue weighted by molar-refractivity contribution is 5.47. The summed E-state index contributed by atoms with van der Waals surface area (Å²) in [6.45, 7) is 2.72. The maximum atomic E-state index is 12.5. The molecule has 2 aromatic rings. The van der Waals surface area contributed by atoms with Gasteiger partial charge in [0.05, 0.1) is 17.5 Å². The van der Waals surface area contributed by atoms with Crippen molar-refractivity contribution in [3.63, 3.8) is 0 Å². The Bertz CT molecular complexity index is 799. The molecule has 1 aliphatic carbocycles. The molecule has 124 valence electrons. The second kappa shape index (κ2) is 6.65. The van der Waals surface area contributed by atoms with E-state index in [1.165, 1.54) is 12.8 Å². The summed E-state index contributed by atoms with van der Waals surface area (Å²) in [7, 11) is 0. The van der Waals surface area contributed by atoms with Crippen molar-refractivity contribution >= 4 is 0 Å². The molecule has 0 amide bonds. The highest BCUT2D eigenvalue weighted by Gasteiger charge is 2.23. The molecule has 6 heteroatoms. The molecule has 0 saturated carbocycles. The summed E-state index contributed by atoms with van der Waals surface area (Å²) in [6.07, 6.45) is 13.8. The number of hydrogen-bond acceptors (Lipinski definition) is 5. The van der Waals surface area contributed by atoms with Crippen LogP contribution in [0.1, 0.15) is 30.5 Å². The summed E-state index contributed by atoms with van der Waals surface area (Å²) in [4.78, 5) is 30.7. The summed E-state index contributed by atoms with van der Waals surface area (Å²) < 4.78 is 0. The molecule has 0 bridgehead atoms. The van der Waals surface area contributed by atoms with Crippen LogP contribution in [0.25, 0.3) is 11.5 Å². The van der Waals surface area contributed by atoms with Gasteiger partial charge in [-0.15, -0.1) is 0 Å². The van der Waals surface area contributed by atoms with Crippen LogP contribution in [-0.2, 0) is 13.0 Å². The van der Waals surface area contributed by atoms with Gasteiger partial charge in [0.25, 0.3) is 5.56 Å². The Morgan fingerprint density at radius 2 is 2.25 bits per heavy atom. The summed E-state index contributed by atoms with van der Waals surface area (Å²) in [5, 5.41) is 0. The Morgan fingerprint density at radius 3 is 3.04 bits per heavy atom. The van der Waals surface area contributed by atoms with Gasteiger partial charge in [-0.05, 0) is 25.2 Å². The lowest BCUT2D eigenvalue weighted by Crippen LogP contribution is -2.38. The van der Waals surface area contributed by atoms with Gasteiger partial charge in [0.1, 0.15) is 5.69 Å². The number of nitrogens with zero attached hydrogens (tertiary/aromatic N) is 4. The second-order valence-electron chi connectivity index (χ2n) is 6.57. The first-order chi connectivity index (χ1) is 11.8. The average molecular weight is 323 g/mol. The van der Waals surface area contributed by atoms with Crippen LogP contribution < -0.4 is 5.56 Å². The van der Waals surface area contributed by atoms with Crippen LogP contribution in [0.4, 0.5) is 0 Å². The number of H-pyrrole nitrogens is 1. The average Bonchev–Trinajstić information content (AvgIpc) is 2.64. The fourth-order valence-corrected chi connectivity index (χ4v) is 3.57. The third-order valence-electron chi connectivity index (χ3n) is 4.85. The van der Waals surface area contributed by atoms with Crippen molar-refractivity contribution in [1.82, 2.24) is 24.8 Å². The molecule has 2 aromatic heterocycles. The number of rotatable bonds is 3. The molecule has 0 unspecified atom stereocenters. The molecule has 0 spiro atoms. The van der Waals surface area contributed by atoms with Gasteiger partial charge in [-0.1, -0.05) is 12.2 Å². The number of hydrogen-bond donors (Lipinski definition) is 1. The maximum Gasteiger partial charge on any atom is 0.255 e. The van der Waals surface area contributed by atoms with Crippen LogP contribution in [0.5, 0.6) is 0 Å². The summed E-state index contributed by atoms with van der Waals surface area (Å²) in [6, 6.07) is 0. The van der Waals surface area contributed by atoms with E-state index in [0.29, 0.717) is 24.0 Å². The van der Waals surface area contributed by atoms with E-state index >= 15 is 0 Å². The molecular weight excluding hydrogens is 302 g/mol. The van der Waals surface area contributed by atoms with Crippen molar-refractivity contribution in [2.45, 2.75) is 32.2 Å². The largest absolute Gasteiger partial charge is 0.305 e. The molecule has 0 saturated heterocycles. The minimum Gasteiger partial charge on any atom is -0.305 e. The number of aromatic nitrogens is 4. The van der Waals surface area contributed by atoms with Crippen LogP contribution in [0.15, 0.2) is 35.5 Å². The lowest BCUT2D eigenvalue weighted by atomic mass is 9.93. The van der Waals surface area contributed by atoms with Crippen molar-refractivity contribution in [3.8, 4) is 11.5 Å². The molecule has 4 rings (SSSR count). The molecule has 6 nitrogen and oxygen atoms in total. The molecule has 24 heavy (non-hydrogen) atoms. The highest BCUT2D eigenvalue weighted by Crippen LogP contribution is 2.22. The monoisotopic (exact) mass is 323 g/mol. The van der Waals surface area contributed by atoms with Crippen molar-refractivity contribution in [1.29, 1.82) is 0 Å². The summed E-state index contributed by atoms with van der Waals surface area (Å²) in [5.41, 5.74) is 2.27. The van der Waals surface area contributed by atoms with Gasteiger partial charge in [0, 0.05) is 38.4 Å². The number of nitrogens with one attached hydrogen (secondary N) is 1. The quantitative estimate of drug-likeness (QED) is 0.874. The minimum absolute atomic E-state index is 0.0473. The summed E-state index contributed by atoms with van der Waals surface area (Å²) in [5.74, 6) is 1.22. The van der Waals surface area contributed by atoms with Crippen LogP contribution in [0.2, 0.25) is 0 Å². The van der Waals surface area contributed by atoms with Gasteiger partial charge in [-0.2, -0.15) is 0 Å². The molecule has 1 atom stereocenters. The van der Waals surface area contributed by atoms with Crippen molar-refractivity contribution in [2.75, 3.05) is 13.1 Å². The topological polar surface area (TPSA) is 74.8 Å². The molecule has 3 heterocycles. The van der Waals surface area contributed by atoms with E-state index in [2.05, 4.69) is 37.0 Å². The van der Waals surface area contributed by atoms with E-state index in [-0.39, 0.29) is 5.56 Å². The van der Waals surface area contributed by atoms with Crippen molar-refractivity contribution in [3.05, 3.63) is 52.4 Å². The molecule has 0 fully saturated rings. The van der Waals surface area contributed by atoms with Crippen LogP contribution in [0, 0.1) is 5.92 Å². The first-order valence-corrected chi connectivity index (χ1v) is 8.55. The standard InChI is InChI=1S/C18H21N5O/c24-18-14-12-23(11-13-4-2-1-3-5-13)9-6-15(14)21-17(22-18)16-10-19-7-8-20-16/h1-2,7-8,10,13H,3-6,9,11-12H2,(H,21,22,24)/t13-/m1/s1. The van der Waals surface area contributed by atoms with Crippen molar-refractivity contribution < 1.29 is 0 Å². The third-order valence-corrected chi connectivity index (χ3v) is 4.85. The van der Waals surface area contributed by atoms with E-state index < -0.39 is 0 Å². The Hall–Kier alpha value is -2.34. The Balaban J connectivity index is 1.54. The second-order valence-corrected chi connectivity index (χ2v) is 6.57. The molecule has 1 N–H and O–H groups in total. The van der Waals surface area contributed by atoms with Gasteiger partial charge in [0.15, 0.2) is 5.82 Å². The zero-order valence-electron chi connectivity index (χ0n) is 13.6. The van der Waals surface area contributed by atoms with Crippen molar-refractivity contribution in [2.24, 2.45) is 5.92 Å². The lowest BCUT2D eigenvalue weighted by molar-refractivity contribution is 0.204. The molecular formula is C18H21N5O. The maximum absolute atomic E-state index is 12.5. The number of fused-ring (bicyclic) bond motifs is 1. The van der Waals surface area contributed by atoms with Gasteiger partial charge in [-0.25, -0.2) is 9.97 Å². The van der Waals surface area contributed by atoms with Gasteiger partial charge in [0.2, 0.25) is 0 Å². The molecule has 2 aliphatic rings. The zero-order valence-corrected chi connectivity index (χ0v) is 13.6. The smallest absolute Gasteiger partial charge is 0.255 e. The lowest BCUT2D eigenvalue weighted by Gasteiger charge is -2.31. The van der Waals surface area contributed by atoms with E-state index in [1.54, 1.807) is 18.6 Å². The third kappa shape index (κ3) is 3.14. The highest BCUT2D eigenvalue weighted by atomic mass is 16.1. The summed E-state index contributed by atoms with van der Waals surface area (Å²) >= 11 is 0. The van der Waals surface area contributed by atoms with E-state index in [4.69, 9.17) is 0 Å². The van der Waals surface area contributed by atoms with Crippen LogP contribution >= 0.6 is 0 Å². The predicted molar refractivity (Wildman–Crippen MR) is 91.3 cm³/mol. The fourth-order valence-electron chi connectivity index (χ4n) is 3.57. The van der Waals surface area contributed by atoms with Gasteiger partial charge in [-0.3, -0.25) is 14.7 Å². The minimum atomic E-state index is -0.0473. The molecule has 1 aliphatic heterocycles. The first kappa shape index (κ1) is 15.2. The van der Waals surface area contributed by atoms with E-state index in [9.17, 15) is 4.79 Å². The molecule has 0 aromatic carbocycles. The number of aromatic amines is 1. The van der Waals surface area contributed by atoms with Crippen LogP contribution in [-0.4, -0.2) is 37.9 Å². The number of allylic oxidation sites excluding steroid dienone is 2. The Labute approximate surface area is 140 Å².